The zero-order valence-corrected chi connectivity index (χ0v) is 18.0. The molecule has 28 heavy (non-hydrogen) atoms. The molecule has 1 fully saturated rings. The van der Waals surface area contributed by atoms with Gasteiger partial charge in [0.25, 0.3) is 5.91 Å². The second kappa shape index (κ2) is 12.1. The molecule has 1 aromatic rings. The topological polar surface area (TPSA) is 50.8 Å². The van der Waals surface area contributed by atoms with Crippen molar-refractivity contribution in [1.29, 1.82) is 0 Å². The number of amides is 1. The number of piperidine rings is 1. The first-order valence-electron chi connectivity index (χ1n) is 11.0. The van der Waals surface area contributed by atoms with Gasteiger partial charge < -0.3 is 14.8 Å². The minimum atomic E-state index is -0.784. The second-order valence-electron chi connectivity index (χ2n) is 7.85. The van der Waals surface area contributed by atoms with E-state index in [0.717, 1.165) is 43.7 Å². The van der Waals surface area contributed by atoms with E-state index in [1.807, 2.05) is 38.1 Å². The summed E-state index contributed by atoms with van der Waals surface area (Å²) in [5, 5.41) is 3.00. The van der Waals surface area contributed by atoms with Gasteiger partial charge in [-0.15, -0.1) is 0 Å². The van der Waals surface area contributed by atoms with Gasteiger partial charge in [-0.25, -0.2) is 0 Å². The van der Waals surface area contributed by atoms with E-state index in [1.54, 1.807) is 0 Å². The summed E-state index contributed by atoms with van der Waals surface area (Å²) in [5.41, 5.74) is -0.0112. The Morgan fingerprint density at radius 2 is 1.82 bits per heavy atom. The van der Waals surface area contributed by atoms with E-state index in [2.05, 4.69) is 17.1 Å². The molecule has 1 N–H and O–H groups in total. The third-order valence-corrected chi connectivity index (χ3v) is 5.44. The van der Waals surface area contributed by atoms with Gasteiger partial charge in [0, 0.05) is 18.8 Å². The fourth-order valence-electron chi connectivity index (χ4n) is 3.66. The van der Waals surface area contributed by atoms with Crippen molar-refractivity contribution in [2.45, 2.75) is 71.3 Å². The fourth-order valence-corrected chi connectivity index (χ4v) is 3.66. The van der Waals surface area contributed by atoms with Crippen molar-refractivity contribution in [3.8, 4) is 5.75 Å². The van der Waals surface area contributed by atoms with Gasteiger partial charge in [0.15, 0.2) is 0 Å². The van der Waals surface area contributed by atoms with Gasteiger partial charge in [-0.05, 0) is 70.5 Å². The lowest BCUT2D eigenvalue weighted by atomic mass is 9.96. The summed E-state index contributed by atoms with van der Waals surface area (Å²) < 4.78 is 11.7. The average Bonchev–Trinajstić information content (AvgIpc) is 2.70. The van der Waals surface area contributed by atoms with Crippen LogP contribution in [0.1, 0.15) is 65.7 Å². The van der Waals surface area contributed by atoms with Gasteiger partial charge in [0.1, 0.15) is 18.0 Å². The minimum absolute atomic E-state index is 0.0794. The predicted octanol–water partition coefficient (Wildman–Crippen LogP) is 4.87. The first-order valence-corrected chi connectivity index (χ1v) is 11.0. The van der Waals surface area contributed by atoms with Gasteiger partial charge in [-0.1, -0.05) is 32.6 Å². The molecule has 0 bridgehead atoms. The maximum Gasteiger partial charge on any atom is 0.256 e. The number of ether oxygens (including phenoxy) is 2. The van der Waals surface area contributed by atoms with Crippen LogP contribution in [0.25, 0.3) is 0 Å². The highest BCUT2D eigenvalue weighted by Gasteiger charge is 2.33. The lowest BCUT2D eigenvalue weighted by molar-refractivity contribution is -0.139. The van der Waals surface area contributed by atoms with Crippen LogP contribution in [0.5, 0.6) is 5.75 Å². The Morgan fingerprint density at radius 3 is 2.46 bits per heavy atom. The molecule has 1 saturated heterocycles. The number of hydrogen-bond acceptors (Lipinski definition) is 4. The molecule has 0 radical (unpaired) electrons. The zero-order chi connectivity index (χ0) is 20.2. The first kappa shape index (κ1) is 22.7. The quantitative estimate of drug-likeness (QED) is 0.518. The summed E-state index contributed by atoms with van der Waals surface area (Å²) in [5.74, 6) is 0.759. The lowest BCUT2D eigenvalue weighted by Gasteiger charge is -2.28. The zero-order valence-electron chi connectivity index (χ0n) is 18.0. The van der Waals surface area contributed by atoms with Crippen LogP contribution in [0.3, 0.4) is 0 Å². The number of nitrogens with zero attached hydrogens (tertiary/aromatic N) is 1. The molecule has 1 atom stereocenters. The summed E-state index contributed by atoms with van der Waals surface area (Å²) in [7, 11) is 0. The number of carbonyl (C=O) groups excluding carboxylic acids is 1. The molecule has 0 aromatic heterocycles. The first-order chi connectivity index (χ1) is 13.6. The molecule has 1 heterocycles. The Bertz CT molecular complexity index is 570. The molecule has 1 aromatic carbocycles. The average molecular weight is 391 g/mol. The van der Waals surface area contributed by atoms with Crippen LogP contribution >= 0.6 is 0 Å². The molecule has 0 saturated carbocycles. The molecule has 1 aliphatic heterocycles. The third kappa shape index (κ3) is 7.44. The van der Waals surface area contributed by atoms with E-state index in [9.17, 15) is 4.79 Å². The molecule has 2 rings (SSSR count). The van der Waals surface area contributed by atoms with Gasteiger partial charge in [-0.2, -0.15) is 0 Å². The number of nitrogens with one attached hydrogen (secondary N) is 1. The number of unbranched alkanes of at least 4 members (excludes halogenated alkanes) is 2. The fraction of sp³-hybridized carbons (Fsp3) is 0.696. The highest BCUT2D eigenvalue weighted by Crippen LogP contribution is 2.23. The molecule has 0 unspecified atom stereocenters. The van der Waals surface area contributed by atoms with Gasteiger partial charge in [-0.3, -0.25) is 9.69 Å². The Labute approximate surface area is 170 Å². The molecule has 5 heteroatoms. The number of anilines is 1. The lowest BCUT2D eigenvalue weighted by Crippen LogP contribution is -2.42. The molecular weight excluding hydrogens is 352 g/mol. The monoisotopic (exact) mass is 390 g/mol. The smallest absolute Gasteiger partial charge is 0.256 e. The van der Waals surface area contributed by atoms with Crippen molar-refractivity contribution in [2.24, 2.45) is 0 Å². The molecule has 1 amide bonds. The Hall–Kier alpha value is -1.59. The van der Waals surface area contributed by atoms with Crippen LogP contribution in [-0.4, -0.2) is 49.3 Å². The summed E-state index contributed by atoms with van der Waals surface area (Å²) in [6.45, 7) is 10.6. The second-order valence-corrected chi connectivity index (χ2v) is 7.85. The molecular formula is C23H38N2O3. The highest BCUT2D eigenvalue weighted by molar-refractivity contribution is 5.97. The van der Waals surface area contributed by atoms with Crippen molar-refractivity contribution >= 4 is 11.6 Å². The number of rotatable bonds is 12. The van der Waals surface area contributed by atoms with Crippen molar-refractivity contribution in [3.05, 3.63) is 24.3 Å². The third-order valence-electron chi connectivity index (χ3n) is 5.44. The van der Waals surface area contributed by atoms with E-state index in [-0.39, 0.29) is 5.91 Å². The Balaban J connectivity index is 1.81. The Morgan fingerprint density at radius 1 is 1.11 bits per heavy atom. The summed E-state index contributed by atoms with van der Waals surface area (Å²) in [4.78, 5) is 15.2. The number of carbonyl (C=O) groups is 1. The molecule has 5 nitrogen and oxygen atoms in total. The molecule has 1 aliphatic rings. The Kier molecular flexibility index (Phi) is 9.79. The summed E-state index contributed by atoms with van der Waals surface area (Å²) in [6, 6.07) is 7.63. The van der Waals surface area contributed by atoms with Crippen molar-refractivity contribution < 1.29 is 14.3 Å². The van der Waals surface area contributed by atoms with E-state index < -0.39 is 5.60 Å². The highest BCUT2D eigenvalue weighted by atomic mass is 16.5. The molecule has 158 valence electrons. The number of benzene rings is 1. The van der Waals surface area contributed by atoms with E-state index in [4.69, 9.17) is 9.47 Å². The largest absolute Gasteiger partial charge is 0.492 e. The maximum absolute atomic E-state index is 12.8. The van der Waals surface area contributed by atoms with Crippen LogP contribution in [0.2, 0.25) is 0 Å². The van der Waals surface area contributed by atoms with Crippen molar-refractivity contribution in [1.82, 2.24) is 4.90 Å². The van der Waals surface area contributed by atoms with Gasteiger partial charge in [0.05, 0.1) is 0 Å². The van der Waals surface area contributed by atoms with E-state index in [0.29, 0.717) is 13.2 Å². The number of likely N-dealkylation sites (tertiary alicyclic amines) is 1. The van der Waals surface area contributed by atoms with Gasteiger partial charge in [0.2, 0.25) is 0 Å². The normalized spacial score (nSPS) is 17.1. The van der Waals surface area contributed by atoms with Crippen LogP contribution in [0.4, 0.5) is 5.69 Å². The van der Waals surface area contributed by atoms with Crippen molar-refractivity contribution in [3.63, 3.8) is 0 Å². The van der Waals surface area contributed by atoms with E-state index in [1.165, 1.54) is 32.4 Å². The predicted molar refractivity (Wildman–Crippen MR) is 115 cm³/mol. The molecule has 0 aliphatic carbocycles. The van der Waals surface area contributed by atoms with Crippen LogP contribution in [-0.2, 0) is 9.53 Å². The van der Waals surface area contributed by atoms with Crippen LogP contribution in [0, 0.1) is 0 Å². The summed E-state index contributed by atoms with van der Waals surface area (Å²) >= 11 is 0. The van der Waals surface area contributed by atoms with Crippen molar-refractivity contribution in [2.75, 3.05) is 38.2 Å². The SMILES string of the molecule is CCCCC[C@@](C)(OCC)C(=O)Nc1ccc(OCCN2CCCCC2)cc1. The van der Waals surface area contributed by atoms with Gasteiger partial charge >= 0.3 is 0 Å². The summed E-state index contributed by atoms with van der Waals surface area (Å²) in [6.07, 6.45) is 7.91. The molecule has 0 spiro atoms. The standard InChI is InChI=1S/C23H38N2O3/c1-4-6-8-15-23(3,28-5-2)22(26)24-20-11-13-21(14-12-20)27-19-18-25-16-9-7-10-17-25/h11-14H,4-10,15-19H2,1-3H3,(H,24,26)/t23-/m1/s1. The van der Waals surface area contributed by atoms with Crippen LogP contribution in [0.15, 0.2) is 24.3 Å². The minimum Gasteiger partial charge on any atom is -0.492 e. The maximum atomic E-state index is 12.8. The number of hydrogen-bond donors (Lipinski definition) is 1. The van der Waals surface area contributed by atoms with E-state index >= 15 is 0 Å². The van der Waals surface area contributed by atoms with Crippen LogP contribution < -0.4 is 10.1 Å².